The lowest BCUT2D eigenvalue weighted by molar-refractivity contribution is 0.0938. The van der Waals surface area contributed by atoms with Gasteiger partial charge in [0, 0.05) is 34.9 Å². The molecule has 0 unspecified atom stereocenters. The van der Waals surface area contributed by atoms with Gasteiger partial charge in [-0.2, -0.15) is 0 Å². The minimum atomic E-state index is -0.726. The van der Waals surface area contributed by atoms with Crippen LogP contribution >= 0.6 is 11.6 Å². The largest absolute Gasteiger partial charge is 0.445 e. The van der Waals surface area contributed by atoms with Crippen LogP contribution in [0.5, 0.6) is 0 Å². The summed E-state index contributed by atoms with van der Waals surface area (Å²) in [6.07, 6.45) is 2.54. The van der Waals surface area contributed by atoms with Crippen molar-refractivity contribution in [3.63, 3.8) is 0 Å². The highest BCUT2D eigenvalue weighted by Crippen LogP contribution is 2.32. The molecule has 0 saturated heterocycles. The Balaban J connectivity index is 1.56. The molecule has 5 rings (SSSR count). The van der Waals surface area contributed by atoms with Gasteiger partial charge in [-0.3, -0.25) is 19.1 Å². The Morgan fingerprint density at radius 3 is 2.25 bits per heavy atom. The van der Waals surface area contributed by atoms with Crippen LogP contribution in [0.25, 0.3) is 21.9 Å². The third kappa shape index (κ3) is 6.03. The van der Waals surface area contributed by atoms with Crippen LogP contribution in [0.15, 0.2) is 108 Å². The first kappa shape index (κ1) is 26.6. The smallest absolute Gasteiger partial charge is 0.408 e. The molecule has 0 bridgehead atoms. The molecule has 2 heterocycles. The third-order valence-electron chi connectivity index (χ3n) is 6.31. The monoisotopic (exact) mass is 552 g/mol. The molecule has 0 aliphatic heterocycles. The van der Waals surface area contributed by atoms with E-state index < -0.39 is 17.6 Å². The predicted octanol–water partition coefficient (Wildman–Crippen LogP) is 5.53. The van der Waals surface area contributed by atoms with E-state index in [4.69, 9.17) is 16.3 Å². The molecule has 3 aromatic carbocycles. The molecule has 9 heteroatoms. The third-order valence-corrected chi connectivity index (χ3v) is 6.54. The van der Waals surface area contributed by atoms with Gasteiger partial charge >= 0.3 is 6.09 Å². The zero-order chi connectivity index (χ0) is 27.9. The fourth-order valence-corrected chi connectivity index (χ4v) is 4.56. The first-order valence-electron chi connectivity index (χ1n) is 12.5. The highest BCUT2D eigenvalue weighted by Gasteiger charge is 2.24. The van der Waals surface area contributed by atoms with Crippen LogP contribution < -0.4 is 16.2 Å². The van der Waals surface area contributed by atoms with Gasteiger partial charge in [0.15, 0.2) is 0 Å². The van der Waals surface area contributed by atoms with Gasteiger partial charge in [0.2, 0.25) is 0 Å². The Labute approximate surface area is 235 Å². The number of hydrogen-bond donors (Lipinski definition) is 2. The van der Waals surface area contributed by atoms with E-state index in [1.165, 1.54) is 4.57 Å². The highest BCUT2D eigenvalue weighted by atomic mass is 35.5. The molecule has 0 atom stereocenters. The number of fused-ring (bicyclic) bond motifs is 1. The van der Waals surface area contributed by atoms with Crippen LogP contribution in [0.1, 0.15) is 21.6 Å². The fraction of sp³-hybridized carbons (Fsp3) is 0.0968. The first-order chi connectivity index (χ1) is 19.5. The van der Waals surface area contributed by atoms with Crippen LogP contribution in [0.4, 0.5) is 4.79 Å². The lowest BCUT2D eigenvalue weighted by atomic mass is 9.96. The molecule has 0 saturated carbocycles. The summed E-state index contributed by atoms with van der Waals surface area (Å²) in [6.45, 7) is -0.0148. The van der Waals surface area contributed by atoms with Gasteiger partial charge in [-0.25, -0.2) is 4.79 Å². The maximum atomic E-state index is 13.8. The summed E-state index contributed by atoms with van der Waals surface area (Å²) in [5.41, 5.74) is 2.52. The molecular weight excluding hydrogens is 528 g/mol. The molecule has 8 nitrogen and oxygen atoms in total. The van der Waals surface area contributed by atoms with Gasteiger partial charge in [-0.15, -0.1) is 0 Å². The number of nitrogens with one attached hydrogen (secondary N) is 2. The van der Waals surface area contributed by atoms with E-state index in [-0.39, 0.29) is 25.5 Å². The Morgan fingerprint density at radius 1 is 0.825 bits per heavy atom. The van der Waals surface area contributed by atoms with Gasteiger partial charge in [0.1, 0.15) is 19.0 Å². The number of halogens is 1. The zero-order valence-electron chi connectivity index (χ0n) is 21.3. The zero-order valence-corrected chi connectivity index (χ0v) is 22.1. The number of hydrogen-bond acceptors (Lipinski definition) is 5. The Kier molecular flexibility index (Phi) is 8.18. The summed E-state index contributed by atoms with van der Waals surface area (Å²) in [4.78, 5) is 44.1. The Bertz CT molecular complexity index is 1710. The number of pyridine rings is 2. The lowest BCUT2D eigenvalue weighted by Gasteiger charge is -2.20. The number of benzene rings is 3. The van der Waals surface area contributed by atoms with Crippen molar-refractivity contribution < 1.29 is 14.3 Å². The van der Waals surface area contributed by atoms with Gasteiger partial charge in [-0.05, 0) is 52.4 Å². The second-order valence-electron chi connectivity index (χ2n) is 8.95. The predicted molar refractivity (Wildman–Crippen MR) is 154 cm³/mol. The maximum Gasteiger partial charge on any atom is 0.408 e. The molecule has 2 aromatic heterocycles. The summed E-state index contributed by atoms with van der Waals surface area (Å²) in [6, 6.07) is 27.0. The summed E-state index contributed by atoms with van der Waals surface area (Å²) in [5.74, 6) is -0.492. The summed E-state index contributed by atoms with van der Waals surface area (Å²) in [7, 11) is 0. The molecule has 0 fully saturated rings. The Morgan fingerprint density at radius 2 is 1.52 bits per heavy atom. The SMILES string of the molecule is O=C(NCn1c(C(=O)NCc2ccncc2)c(-c2ccccc2)c2cc(Cl)ccc2c1=O)OCc1ccccc1. The number of rotatable bonds is 8. The minimum absolute atomic E-state index is 0.0618. The number of carbonyl (C=O) groups excluding carboxylic acids is 2. The molecule has 0 aliphatic carbocycles. The number of nitrogens with zero attached hydrogens (tertiary/aromatic N) is 2. The van der Waals surface area contributed by atoms with Gasteiger partial charge in [-0.1, -0.05) is 72.3 Å². The molecule has 2 N–H and O–H groups in total. The molecule has 200 valence electrons. The van der Waals surface area contributed by atoms with E-state index >= 15 is 0 Å². The van der Waals surface area contributed by atoms with Crippen molar-refractivity contribution in [3.05, 3.63) is 136 Å². The lowest BCUT2D eigenvalue weighted by Crippen LogP contribution is -2.38. The van der Waals surface area contributed by atoms with Crippen molar-refractivity contribution in [2.45, 2.75) is 19.8 Å². The summed E-state index contributed by atoms with van der Waals surface area (Å²) in [5, 5.41) is 6.83. The number of alkyl carbamates (subject to hydrolysis) is 1. The molecule has 5 aromatic rings. The van der Waals surface area contributed by atoms with E-state index in [0.29, 0.717) is 26.9 Å². The standard InChI is InChI=1S/C31H25ClN4O4/c32-24-11-12-25-26(17-24)27(23-9-5-2-6-10-23)28(29(37)34-18-21-13-15-33-16-14-21)36(30(25)38)20-35-31(39)40-19-22-7-3-1-4-8-22/h1-17H,18-20H2,(H,34,37)(H,35,39). The second-order valence-corrected chi connectivity index (χ2v) is 9.38. The van der Waals surface area contributed by atoms with Crippen LogP contribution in [-0.2, 0) is 24.6 Å². The Hall–Kier alpha value is -4.95. The van der Waals surface area contributed by atoms with Crippen LogP contribution in [0, 0.1) is 0 Å². The van der Waals surface area contributed by atoms with Gasteiger partial charge in [0.25, 0.3) is 11.5 Å². The van der Waals surface area contributed by atoms with E-state index in [1.54, 1.807) is 42.7 Å². The molecule has 0 radical (unpaired) electrons. The topological polar surface area (TPSA) is 102 Å². The number of amides is 2. The average Bonchev–Trinajstić information content (AvgIpc) is 2.99. The number of aromatic nitrogens is 2. The normalized spacial score (nSPS) is 10.7. The van der Waals surface area contributed by atoms with Crippen molar-refractivity contribution >= 4 is 34.4 Å². The second kappa shape index (κ2) is 12.3. The first-order valence-corrected chi connectivity index (χ1v) is 12.9. The molecular formula is C31H25ClN4O4. The van der Waals surface area contributed by atoms with Gasteiger partial charge in [0.05, 0.1) is 0 Å². The summed E-state index contributed by atoms with van der Waals surface area (Å²) >= 11 is 6.34. The fourth-order valence-electron chi connectivity index (χ4n) is 4.39. The van der Waals surface area contributed by atoms with Crippen LogP contribution in [-0.4, -0.2) is 21.6 Å². The van der Waals surface area contributed by atoms with Crippen LogP contribution in [0.3, 0.4) is 0 Å². The minimum Gasteiger partial charge on any atom is -0.445 e. The van der Waals surface area contributed by atoms with Crippen molar-refractivity contribution in [1.29, 1.82) is 0 Å². The number of ether oxygens (including phenoxy) is 1. The van der Waals surface area contributed by atoms with E-state index in [9.17, 15) is 14.4 Å². The molecule has 0 spiro atoms. The summed E-state index contributed by atoms with van der Waals surface area (Å²) < 4.78 is 6.58. The van der Waals surface area contributed by atoms with Crippen molar-refractivity contribution in [3.8, 4) is 11.1 Å². The van der Waals surface area contributed by atoms with E-state index in [0.717, 1.165) is 11.1 Å². The molecule has 40 heavy (non-hydrogen) atoms. The van der Waals surface area contributed by atoms with Crippen LogP contribution in [0.2, 0.25) is 5.02 Å². The quantitative estimate of drug-likeness (QED) is 0.263. The van der Waals surface area contributed by atoms with Gasteiger partial charge < -0.3 is 15.4 Å². The van der Waals surface area contributed by atoms with Crippen molar-refractivity contribution in [2.75, 3.05) is 0 Å². The maximum absolute atomic E-state index is 13.8. The average molecular weight is 553 g/mol. The molecule has 2 amide bonds. The highest BCUT2D eigenvalue weighted by molar-refractivity contribution is 6.31. The molecule has 0 aliphatic rings. The van der Waals surface area contributed by atoms with E-state index in [2.05, 4.69) is 15.6 Å². The van der Waals surface area contributed by atoms with Crippen molar-refractivity contribution in [2.24, 2.45) is 0 Å². The van der Waals surface area contributed by atoms with E-state index in [1.807, 2.05) is 60.7 Å². The number of carbonyl (C=O) groups is 2. The van der Waals surface area contributed by atoms with Crippen molar-refractivity contribution in [1.82, 2.24) is 20.2 Å².